The summed E-state index contributed by atoms with van der Waals surface area (Å²) < 4.78 is 11.2. The van der Waals surface area contributed by atoms with Crippen LogP contribution in [0.3, 0.4) is 0 Å². The van der Waals surface area contributed by atoms with Crippen LogP contribution in [-0.2, 0) is 4.79 Å². The molecular weight excluding hydrogens is 298 g/mol. The van der Waals surface area contributed by atoms with Gasteiger partial charge >= 0.3 is 0 Å². The quantitative estimate of drug-likeness (QED) is 0.869. The maximum Gasteiger partial charge on any atom is 0.244 e. The molecule has 0 spiro atoms. The number of nitrogens with one attached hydrogen (secondary N) is 1. The zero-order valence-electron chi connectivity index (χ0n) is 9.61. The van der Waals surface area contributed by atoms with Crippen molar-refractivity contribution in [3.05, 3.63) is 40.9 Å². The summed E-state index contributed by atoms with van der Waals surface area (Å²) in [6.07, 6.45) is 3.18. The third kappa shape index (κ3) is 3.37. The average molecular weight is 310 g/mol. The van der Waals surface area contributed by atoms with E-state index in [4.69, 9.17) is 9.47 Å². The maximum atomic E-state index is 11.4. The fraction of sp³-hybridized carbons (Fsp3) is 0.154. The number of amides is 1. The van der Waals surface area contributed by atoms with E-state index in [9.17, 15) is 4.79 Å². The number of ether oxygens (including phenoxy) is 2. The molecule has 0 saturated heterocycles. The van der Waals surface area contributed by atoms with Crippen molar-refractivity contribution in [2.24, 2.45) is 0 Å². The first-order valence-electron chi connectivity index (χ1n) is 5.34. The molecule has 0 fully saturated rings. The van der Waals surface area contributed by atoms with Gasteiger partial charge in [-0.15, -0.1) is 0 Å². The molecule has 1 aliphatic rings. The molecule has 1 N–H and O–H groups in total. The minimum absolute atomic E-state index is 0.173. The Morgan fingerprint density at radius 1 is 1.44 bits per heavy atom. The predicted molar refractivity (Wildman–Crippen MR) is 72.7 cm³/mol. The van der Waals surface area contributed by atoms with Crippen LogP contribution in [0.1, 0.15) is 5.56 Å². The van der Waals surface area contributed by atoms with Gasteiger partial charge in [0.05, 0.1) is 0 Å². The first kappa shape index (κ1) is 12.7. The van der Waals surface area contributed by atoms with Crippen molar-refractivity contribution in [3.63, 3.8) is 0 Å². The van der Waals surface area contributed by atoms with E-state index in [2.05, 4.69) is 27.8 Å². The number of rotatable bonds is 4. The van der Waals surface area contributed by atoms with E-state index in [-0.39, 0.29) is 12.7 Å². The lowest BCUT2D eigenvalue weighted by atomic mass is 10.2. The Labute approximate surface area is 113 Å². The van der Waals surface area contributed by atoms with Gasteiger partial charge in [0.25, 0.3) is 0 Å². The van der Waals surface area contributed by atoms with Crippen LogP contribution in [0.25, 0.3) is 6.08 Å². The molecule has 1 heterocycles. The van der Waals surface area contributed by atoms with Crippen LogP contribution in [0, 0.1) is 0 Å². The Hall–Kier alpha value is -1.75. The van der Waals surface area contributed by atoms with Crippen molar-refractivity contribution >= 4 is 27.9 Å². The Balaban J connectivity index is 1.96. The number of carbonyl (C=O) groups excluding carboxylic acids is 1. The Morgan fingerprint density at radius 2 is 2.22 bits per heavy atom. The van der Waals surface area contributed by atoms with E-state index in [0.29, 0.717) is 12.3 Å². The van der Waals surface area contributed by atoms with Gasteiger partial charge in [0.1, 0.15) is 0 Å². The standard InChI is InChI=1S/C13H12BrNO3/c1-9(14)7-15-13(16)5-3-10-2-4-11-12(6-10)18-8-17-11/h2-6H,1,7-8H2,(H,15,16)/b5-3+. The average Bonchev–Trinajstić information content (AvgIpc) is 2.81. The number of hydrogen-bond donors (Lipinski definition) is 1. The normalized spacial score (nSPS) is 12.7. The van der Waals surface area contributed by atoms with E-state index in [1.54, 1.807) is 6.08 Å². The first-order chi connectivity index (χ1) is 8.65. The molecule has 0 atom stereocenters. The summed E-state index contributed by atoms with van der Waals surface area (Å²) >= 11 is 3.17. The SMILES string of the molecule is C=C(Br)CNC(=O)/C=C/c1ccc2c(c1)OCO2. The fourth-order valence-electron chi connectivity index (χ4n) is 1.43. The smallest absolute Gasteiger partial charge is 0.244 e. The second kappa shape index (κ2) is 5.73. The monoisotopic (exact) mass is 309 g/mol. The summed E-state index contributed by atoms with van der Waals surface area (Å²) in [7, 11) is 0. The topological polar surface area (TPSA) is 47.6 Å². The van der Waals surface area contributed by atoms with Crippen molar-refractivity contribution in [2.75, 3.05) is 13.3 Å². The molecule has 1 aliphatic heterocycles. The molecule has 0 radical (unpaired) electrons. The van der Waals surface area contributed by atoms with E-state index >= 15 is 0 Å². The molecule has 0 bridgehead atoms. The van der Waals surface area contributed by atoms with Crippen molar-refractivity contribution in [2.45, 2.75) is 0 Å². The van der Waals surface area contributed by atoms with Crippen LogP contribution in [-0.4, -0.2) is 19.2 Å². The van der Waals surface area contributed by atoms with Crippen LogP contribution < -0.4 is 14.8 Å². The van der Waals surface area contributed by atoms with Crippen LogP contribution >= 0.6 is 15.9 Å². The number of carbonyl (C=O) groups is 1. The summed E-state index contributed by atoms with van der Waals surface area (Å²) in [6.45, 7) is 4.29. The lowest BCUT2D eigenvalue weighted by Crippen LogP contribution is -2.21. The zero-order valence-corrected chi connectivity index (χ0v) is 11.2. The van der Waals surface area contributed by atoms with Crippen LogP contribution in [0.2, 0.25) is 0 Å². The molecule has 94 valence electrons. The van der Waals surface area contributed by atoms with Crippen molar-refractivity contribution in [1.29, 1.82) is 0 Å². The van der Waals surface area contributed by atoms with Crippen LogP contribution in [0.4, 0.5) is 0 Å². The molecule has 1 aromatic carbocycles. The van der Waals surface area contributed by atoms with Gasteiger partial charge in [-0.1, -0.05) is 28.6 Å². The molecule has 0 aliphatic carbocycles. The minimum atomic E-state index is -0.173. The highest BCUT2D eigenvalue weighted by Crippen LogP contribution is 2.32. The van der Waals surface area contributed by atoms with Gasteiger partial charge in [0.15, 0.2) is 11.5 Å². The first-order valence-corrected chi connectivity index (χ1v) is 6.13. The third-order valence-corrected chi connectivity index (χ3v) is 2.56. The van der Waals surface area contributed by atoms with Crippen molar-refractivity contribution < 1.29 is 14.3 Å². The molecule has 18 heavy (non-hydrogen) atoms. The highest BCUT2D eigenvalue weighted by molar-refractivity contribution is 9.11. The number of benzene rings is 1. The Kier molecular flexibility index (Phi) is 4.04. The number of hydrogen-bond acceptors (Lipinski definition) is 3. The molecule has 1 amide bonds. The second-order valence-corrected chi connectivity index (χ2v) is 4.80. The Bertz CT molecular complexity index is 511. The van der Waals surface area contributed by atoms with Gasteiger partial charge < -0.3 is 14.8 Å². The van der Waals surface area contributed by atoms with Crippen LogP contribution in [0.15, 0.2) is 35.3 Å². The van der Waals surface area contributed by atoms with E-state index in [1.807, 2.05) is 18.2 Å². The van der Waals surface area contributed by atoms with Crippen molar-refractivity contribution in [3.8, 4) is 11.5 Å². The van der Waals surface area contributed by atoms with Gasteiger partial charge in [-0.25, -0.2) is 0 Å². The molecule has 1 aromatic rings. The molecule has 0 aromatic heterocycles. The van der Waals surface area contributed by atoms with E-state index in [0.717, 1.165) is 15.8 Å². The van der Waals surface area contributed by atoms with Gasteiger partial charge in [0.2, 0.25) is 12.7 Å². The summed E-state index contributed by atoms with van der Waals surface area (Å²) in [5.41, 5.74) is 0.882. The minimum Gasteiger partial charge on any atom is -0.454 e. The summed E-state index contributed by atoms with van der Waals surface area (Å²) in [5.74, 6) is 1.26. The van der Waals surface area contributed by atoms with Gasteiger partial charge in [0, 0.05) is 17.1 Å². The summed E-state index contributed by atoms with van der Waals surface area (Å²) in [5, 5.41) is 2.68. The third-order valence-electron chi connectivity index (χ3n) is 2.28. The van der Waals surface area contributed by atoms with Gasteiger partial charge in [-0.3, -0.25) is 4.79 Å². The number of fused-ring (bicyclic) bond motifs is 1. The molecule has 5 heteroatoms. The molecule has 0 unspecified atom stereocenters. The predicted octanol–water partition coefficient (Wildman–Crippen LogP) is 2.45. The maximum absolute atomic E-state index is 11.4. The summed E-state index contributed by atoms with van der Waals surface area (Å²) in [4.78, 5) is 11.4. The zero-order chi connectivity index (χ0) is 13.0. The molecule has 2 rings (SSSR count). The van der Waals surface area contributed by atoms with Crippen molar-refractivity contribution in [1.82, 2.24) is 5.32 Å². The van der Waals surface area contributed by atoms with E-state index in [1.165, 1.54) is 6.08 Å². The van der Waals surface area contributed by atoms with Gasteiger partial charge in [-0.2, -0.15) is 0 Å². The Morgan fingerprint density at radius 3 is 3.00 bits per heavy atom. The molecule has 0 saturated carbocycles. The molecular formula is C13H12BrNO3. The highest BCUT2D eigenvalue weighted by Gasteiger charge is 2.12. The van der Waals surface area contributed by atoms with Gasteiger partial charge in [-0.05, 0) is 23.8 Å². The van der Waals surface area contributed by atoms with E-state index < -0.39 is 0 Å². The lowest BCUT2D eigenvalue weighted by molar-refractivity contribution is -0.116. The lowest BCUT2D eigenvalue weighted by Gasteiger charge is -2.00. The largest absolute Gasteiger partial charge is 0.454 e. The van der Waals surface area contributed by atoms with Crippen LogP contribution in [0.5, 0.6) is 11.5 Å². The molecule has 4 nitrogen and oxygen atoms in total. The fourth-order valence-corrected chi connectivity index (χ4v) is 1.57. The second-order valence-electron chi connectivity index (χ2n) is 3.68. The number of halogens is 1. The summed E-state index contributed by atoms with van der Waals surface area (Å²) in [6, 6.07) is 5.51. The highest BCUT2D eigenvalue weighted by atomic mass is 79.9.